The molecule has 1 saturated heterocycles. The van der Waals surface area contributed by atoms with Crippen LogP contribution in [0.25, 0.3) is 0 Å². The van der Waals surface area contributed by atoms with Crippen molar-refractivity contribution in [3.8, 4) is 5.75 Å². The first-order valence-electron chi connectivity index (χ1n) is 11.6. The summed E-state index contributed by atoms with van der Waals surface area (Å²) in [6.07, 6.45) is -0.0300. The van der Waals surface area contributed by atoms with Crippen molar-refractivity contribution in [2.75, 3.05) is 13.7 Å². The molecule has 0 amide bonds. The van der Waals surface area contributed by atoms with Crippen LogP contribution in [0.3, 0.4) is 0 Å². The largest absolute Gasteiger partial charge is 0.497 e. The molecule has 3 aromatic rings. The summed E-state index contributed by atoms with van der Waals surface area (Å²) < 4.78 is 29.9. The van der Waals surface area contributed by atoms with E-state index < -0.39 is 0 Å². The van der Waals surface area contributed by atoms with Crippen LogP contribution in [-0.2, 0) is 38.8 Å². The Balaban J connectivity index is 1.36. The number of hydrogen-bond acceptors (Lipinski definition) is 5. The Kier molecular flexibility index (Phi) is 8.74. The van der Waals surface area contributed by atoms with Crippen LogP contribution < -0.4 is 4.74 Å². The Bertz CT molecular complexity index is 1000. The molecule has 5 nitrogen and oxygen atoms in total. The van der Waals surface area contributed by atoms with Crippen molar-refractivity contribution in [3.63, 3.8) is 0 Å². The second kappa shape index (κ2) is 12.4. The summed E-state index contributed by atoms with van der Waals surface area (Å²) in [6, 6.07) is 28.1. The van der Waals surface area contributed by atoms with Gasteiger partial charge in [-0.05, 0) is 28.8 Å². The van der Waals surface area contributed by atoms with Crippen LogP contribution in [0.2, 0.25) is 0 Å². The number of hydrogen-bond donors (Lipinski definition) is 0. The fourth-order valence-electron chi connectivity index (χ4n) is 3.88. The normalized spacial score (nSPS) is 20.0. The van der Waals surface area contributed by atoms with E-state index in [9.17, 15) is 0 Å². The average Bonchev–Trinajstić information content (AvgIpc) is 2.89. The van der Waals surface area contributed by atoms with Gasteiger partial charge in [0.15, 0.2) is 0 Å². The molecule has 1 heterocycles. The molecule has 3 atom stereocenters. The molecule has 34 heavy (non-hydrogen) atoms. The standard InChI is InChI=1S/C29H32O5/c1-22-27(32-20-25-13-15-26(30-2)16-14-25)17-28(33-19-24-11-7-4-8-12-24)29(34-22)21-31-18-23-9-5-3-6-10-23/h3-16,27-29H,1,17-21H2,2H3/t27-,28+,29-/m0/s1. The molecule has 1 aliphatic heterocycles. The predicted molar refractivity (Wildman–Crippen MR) is 131 cm³/mol. The van der Waals surface area contributed by atoms with E-state index in [1.54, 1.807) is 7.11 Å². The lowest BCUT2D eigenvalue weighted by atomic mass is 10.0. The van der Waals surface area contributed by atoms with Crippen molar-refractivity contribution in [1.82, 2.24) is 0 Å². The highest BCUT2D eigenvalue weighted by atomic mass is 16.6. The minimum atomic E-state index is -0.256. The second-order valence-electron chi connectivity index (χ2n) is 8.34. The third kappa shape index (κ3) is 6.94. The van der Waals surface area contributed by atoms with E-state index in [2.05, 4.69) is 18.7 Å². The zero-order valence-electron chi connectivity index (χ0n) is 19.6. The fraction of sp³-hybridized carbons (Fsp3) is 0.310. The number of methoxy groups -OCH3 is 1. The van der Waals surface area contributed by atoms with Gasteiger partial charge in [-0.15, -0.1) is 0 Å². The van der Waals surface area contributed by atoms with Crippen molar-refractivity contribution < 1.29 is 23.7 Å². The zero-order valence-corrected chi connectivity index (χ0v) is 19.6. The van der Waals surface area contributed by atoms with Gasteiger partial charge in [-0.1, -0.05) is 79.4 Å². The molecule has 0 radical (unpaired) electrons. The van der Waals surface area contributed by atoms with Gasteiger partial charge in [0.05, 0.1) is 39.6 Å². The van der Waals surface area contributed by atoms with Crippen molar-refractivity contribution in [3.05, 3.63) is 114 Å². The van der Waals surface area contributed by atoms with Crippen LogP contribution in [0.4, 0.5) is 0 Å². The second-order valence-corrected chi connectivity index (χ2v) is 8.34. The maximum Gasteiger partial charge on any atom is 0.148 e. The molecular weight excluding hydrogens is 428 g/mol. The molecule has 0 aromatic heterocycles. The van der Waals surface area contributed by atoms with Gasteiger partial charge in [0.25, 0.3) is 0 Å². The third-order valence-electron chi connectivity index (χ3n) is 5.83. The molecule has 0 unspecified atom stereocenters. The first kappa shape index (κ1) is 24.0. The van der Waals surface area contributed by atoms with Crippen molar-refractivity contribution >= 4 is 0 Å². The summed E-state index contributed by atoms with van der Waals surface area (Å²) in [7, 11) is 1.66. The number of benzene rings is 3. The molecule has 0 bridgehead atoms. The van der Waals surface area contributed by atoms with Crippen molar-refractivity contribution in [2.45, 2.75) is 44.6 Å². The quantitative estimate of drug-likeness (QED) is 0.368. The maximum atomic E-state index is 6.30. The van der Waals surface area contributed by atoms with E-state index >= 15 is 0 Å². The van der Waals surface area contributed by atoms with E-state index in [-0.39, 0.29) is 18.3 Å². The van der Waals surface area contributed by atoms with Gasteiger partial charge in [0.2, 0.25) is 0 Å². The van der Waals surface area contributed by atoms with Crippen LogP contribution in [0.15, 0.2) is 97.3 Å². The molecular formula is C29H32O5. The Labute approximate surface area is 201 Å². The minimum Gasteiger partial charge on any atom is -0.497 e. The third-order valence-corrected chi connectivity index (χ3v) is 5.83. The molecule has 3 aromatic carbocycles. The maximum absolute atomic E-state index is 6.30. The zero-order chi connectivity index (χ0) is 23.6. The van der Waals surface area contributed by atoms with Crippen LogP contribution >= 0.6 is 0 Å². The summed E-state index contributed by atoms with van der Waals surface area (Å²) in [5, 5.41) is 0. The summed E-state index contributed by atoms with van der Waals surface area (Å²) in [5.41, 5.74) is 3.30. The van der Waals surface area contributed by atoms with Crippen LogP contribution in [0, 0.1) is 0 Å². The molecule has 1 fully saturated rings. The topological polar surface area (TPSA) is 46.2 Å². The minimum absolute atomic E-state index is 0.178. The lowest BCUT2D eigenvalue weighted by molar-refractivity contribution is -0.151. The van der Waals surface area contributed by atoms with Crippen molar-refractivity contribution in [2.24, 2.45) is 0 Å². The highest BCUT2D eigenvalue weighted by molar-refractivity contribution is 5.26. The lowest BCUT2D eigenvalue weighted by Gasteiger charge is -2.37. The van der Waals surface area contributed by atoms with E-state index in [0.717, 1.165) is 22.4 Å². The number of rotatable bonds is 11. The molecule has 0 spiro atoms. The number of ether oxygens (including phenoxy) is 5. The van der Waals surface area contributed by atoms with Gasteiger partial charge in [-0.2, -0.15) is 0 Å². The van der Waals surface area contributed by atoms with Gasteiger partial charge in [0.1, 0.15) is 23.7 Å². The van der Waals surface area contributed by atoms with Gasteiger partial charge in [-0.3, -0.25) is 0 Å². The van der Waals surface area contributed by atoms with Crippen LogP contribution in [0.1, 0.15) is 23.1 Å². The summed E-state index contributed by atoms with van der Waals surface area (Å²) in [6.45, 7) is 6.02. The monoisotopic (exact) mass is 460 g/mol. The predicted octanol–water partition coefficient (Wildman–Crippen LogP) is 5.69. The molecule has 0 N–H and O–H groups in total. The molecule has 0 saturated carbocycles. The highest BCUT2D eigenvalue weighted by Crippen LogP contribution is 2.29. The van der Waals surface area contributed by atoms with Crippen LogP contribution in [0.5, 0.6) is 5.75 Å². The first-order valence-corrected chi connectivity index (χ1v) is 11.6. The van der Waals surface area contributed by atoms with E-state index in [4.69, 9.17) is 23.7 Å². The average molecular weight is 461 g/mol. The molecule has 0 aliphatic carbocycles. The molecule has 1 aliphatic rings. The Morgan fingerprint density at radius 2 is 1.35 bits per heavy atom. The SMILES string of the molecule is C=C1O[C@@H](COCc2ccccc2)[C@H](OCc2ccccc2)C[C@@H]1OCc1ccc(OC)cc1. The van der Waals surface area contributed by atoms with Gasteiger partial charge < -0.3 is 23.7 Å². The van der Waals surface area contributed by atoms with Crippen LogP contribution in [-0.4, -0.2) is 32.0 Å². The fourth-order valence-corrected chi connectivity index (χ4v) is 3.88. The summed E-state index contributed by atoms with van der Waals surface area (Å²) >= 11 is 0. The van der Waals surface area contributed by atoms with Gasteiger partial charge >= 0.3 is 0 Å². The summed E-state index contributed by atoms with van der Waals surface area (Å²) in [4.78, 5) is 0. The Morgan fingerprint density at radius 1 is 0.765 bits per heavy atom. The highest BCUT2D eigenvalue weighted by Gasteiger charge is 2.36. The Hall–Kier alpha value is -3.12. The smallest absolute Gasteiger partial charge is 0.148 e. The van der Waals surface area contributed by atoms with Crippen molar-refractivity contribution in [1.29, 1.82) is 0 Å². The van der Waals surface area contributed by atoms with E-state index in [1.165, 1.54) is 0 Å². The lowest BCUT2D eigenvalue weighted by Crippen LogP contribution is -2.44. The van der Waals surface area contributed by atoms with Gasteiger partial charge in [0, 0.05) is 6.42 Å². The molecule has 178 valence electrons. The van der Waals surface area contributed by atoms with Gasteiger partial charge in [-0.25, -0.2) is 0 Å². The summed E-state index contributed by atoms with van der Waals surface area (Å²) in [5.74, 6) is 1.43. The first-order chi connectivity index (χ1) is 16.7. The van der Waals surface area contributed by atoms with E-state index in [1.807, 2.05) is 72.8 Å². The molecule has 5 heteroatoms. The van der Waals surface area contributed by atoms with E-state index in [0.29, 0.717) is 38.6 Å². The Morgan fingerprint density at radius 3 is 2.00 bits per heavy atom. The molecule has 4 rings (SSSR count).